The van der Waals surface area contributed by atoms with Gasteiger partial charge in [0.05, 0.1) is 6.42 Å². The van der Waals surface area contributed by atoms with Crippen LogP contribution in [0.2, 0.25) is 0 Å². The fourth-order valence-corrected chi connectivity index (χ4v) is 3.83. The molecule has 146 valence electrons. The lowest BCUT2D eigenvalue weighted by Gasteiger charge is -2.33. The molecule has 0 aliphatic carbocycles. The summed E-state index contributed by atoms with van der Waals surface area (Å²) < 4.78 is 2.28. The number of rotatable bonds is 7. The second kappa shape index (κ2) is 9.18. The largest absolute Gasteiger partial charge is 0.342 e. The Bertz CT molecular complexity index is 735. The molecule has 1 fully saturated rings. The molecule has 1 aromatic heterocycles. The van der Waals surface area contributed by atoms with Gasteiger partial charge in [0.2, 0.25) is 5.91 Å². The second-order valence-electron chi connectivity index (χ2n) is 7.98. The molecule has 2 aromatic rings. The predicted octanol–water partition coefficient (Wildman–Crippen LogP) is 3.09. The molecule has 0 spiro atoms. The van der Waals surface area contributed by atoms with Crippen molar-refractivity contribution in [1.29, 1.82) is 0 Å². The molecule has 0 saturated carbocycles. The van der Waals surface area contributed by atoms with Crippen molar-refractivity contribution in [2.24, 2.45) is 0 Å². The third-order valence-electron chi connectivity index (χ3n) is 5.37. The van der Waals surface area contributed by atoms with Gasteiger partial charge in [0.15, 0.2) is 0 Å². The number of carbonyl (C=O) groups excluding carboxylic acids is 1. The highest BCUT2D eigenvalue weighted by atomic mass is 16.2. The molecule has 1 atom stereocenters. The lowest BCUT2D eigenvalue weighted by atomic mass is 9.96. The Hall–Kier alpha value is -2.14. The Balaban J connectivity index is 1.60. The van der Waals surface area contributed by atoms with E-state index in [1.165, 1.54) is 5.56 Å². The lowest BCUT2D eigenvalue weighted by Crippen LogP contribution is -2.40. The first kappa shape index (κ1) is 19.6. The number of imidazole rings is 1. The first-order valence-corrected chi connectivity index (χ1v) is 10.0. The van der Waals surface area contributed by atoms with Crippen LogP contribution in [-0.4, -0.2) is 59.0 Å². The van der Waals surface area contributed by atoms with Crippen LogP contribution in [0.25, 0.3) is 0 Å². The van der Waals surface area contributed by atoms with Gasteiger partial charge in [0, 0.05) is 37.9 Å². The Labute approximate surface area is 163 Å². The van der Waals surface area contributed by atoms with Crippen molar-refractivity contribution in [3.05, 3.63) is 53.6 Å². The number of benzene rings is 1. The van der Waals surface area contributed by atoms with Crippen LogP contribution in [0.4, 0.5) is 0 Å². The van der Waals surface area contributed by atoms with Crippen LogP contribution >= 0.6 is 0 Å². The summed E-state index contributed by atoms with van der Waals surface area (Å²) in [6, 6.07) is 8.27. The van der Waals surface area contributed by atoms with E-state index in [1.807, 2.05) is 11.1 Å². The summed E-state index contributed by atoms with van der Waals surface area (Å²) in [4.78, 5) is 21.7. The fraction of sp³-hybridized carbons (Fsp3) is 0.545. The first-order valence-electron chi connectivity index (χ1n) is 10.0. The van der Waals surface area contributed by atoms with E-state index in [-0.39, 0.29) is 5.91 Å². The average Bonchev–Trinajstić information content (AvgIpc) is 3.12. The molecule has 5 nitrogen and oxygen atoms in total. The maximum atomic E-state index is 12.8. The highest BCUT2D eigenvalue weighted by molar-refractivity contribution is 5.79. The summed E-state index contributed by atoms with van der Waals surface area (Å²) in [6.07, 6.45) is 7.74. The molecule has 27 heavy (non-hydrogen) atoms. The molecule has 0 unspecified atom stereocenters. The van der Waals surface area contributed by atoms with Crippen molar-refractivity contribution in [2.45, 2.75) is 45.1 Å². The number of aryl methyl sites for hydroxylation is 2. The summed E-state index contributed by atoms with van der Waals surface area (Å²) in [6.45, 7) is 5.78. The van der Waals surface area contributed by atoms with E-state index in [0.717, 1.165) is 56.8 Å². The number of amides is 1. The maximum Gasteiger partial charge on any atom is 0.227 e. The number of piperidine rings is 1. The van der Waals surface area contributed by atoms with Gasteiger partial charge in [0.1, 0.15) is 5.82 Å². The maximum absolute atomic E-state index is 12.8. The molecule has 2 heterocycles. The molecule has 1 aliphatic heterocycles. The molecule has 5 heteroatoms. The Morgan fingerprint density at radius 1 is 1.26 bits per heavy atom. The molecule has 1 amide bonds. The van der Waals surface area contributed by atoms with Crippen LogP contribution < -0.4 is 0 Å². The molecule has 1 aliphatic rings. The fourth-order valence-electron chi connectivity index (χ4n) is 3.83. The molecule has 1 aromatic carbocycles. The van der Waals surface area contributed by atoms with Crippen LogP contribution in [0.15, 0.2) is 36.7 Å². The van der Waals surface area contributed by atoms with Crippen LogP contribution in [0, 0.1) is 6.92 Å². The van der Waals surface area contributed by atoms with Gasteiger partial charge < -0.3 is 14.4 Å². The normalized spacial score (nSPS) is 17.5. The summed E-state index contributed by atoms with van der Waals surface area (Å²) in [5.74, 6) is 1.71. The van der Waals surface area contributed by atoms with E-state index in [1.54, 1.807) is 0 Å². The van der Waals surface area contributed by atoms with Crippen molar-refractivity contribution in [3.8, 4) is 0 Å². The highest BCUT2D eigenvalue weighted by Crippen LogP contribution is 2.26. The number of aromatic nitrogens is 2. The van der Waals surface area contributed by atoms with Crippen molar-refractivity contribution >= 4 is 5.91 Å². The molecular formula is C22H32N4O. The van der Waals surface area contributed by atoms with Gasteiger partial charge in [-0.2, -0.15) is 0 Å². The van der Waals surface area contributed by atoms with E-state index in [4.69, 9.17) is 0 Å². The van der Waals surface area contributed by atoms with Gasteiger partial charge in [0.25, 0.3) is 0 Å². The van der Waals surface area contributed by atoms with Crippen molar-refractivity contribution < 1.29 is 4.79 Å². The second-order valence-corrected chi connectivity index (χ2v) is 7.98. The highest BCUT2D eigenvalue weighted by Gasteiger charge is 2.27. The minimum Gasteiger partial charge on any atom is -0.342 e. The van der Waals surface area contributed by atoms with Crippen LogP contribution in [-0.2, 0) is 17.8 Å². The topological polar surface area (TPSA) is 41.4 Å². The number of carbonyl (C=O) groups is 1. The van der Waals surface area contributed by atoms with Gasteiger partial charge in [-0.25, -0.2) is 4.98 Å². The van der Waals surface area contributed by atoms with Gasteiger partial charge in [-0.1, -0.05) is 29.8 Å². The van der Waals surface area contributed by atoms with Gasteiger partial charge in [-0.15, -0.1) is 0 Å². The number of hydrogen-bond donors (Lipinski definition) is 0. The third kappa shape index (κ3) is 5.42. The number of likely N-dealkylation sites (tertiary alicyclic amines) is 1. The zero-order chi connectivity index (χ0) is 19.2. The zero-order valence-electron chi connectivity index (χ0n) is 16.9. The number of hydrogen-bond acceptors (Lipinski definition) is 3. The Kier molecular flexibility index (Phi) is 6.67. The zero-order valence-corrected chi connectivity index (χ0v) is 16.9. The minimum atomic E-state index is 0.231. The van der Waals surface area contributed by atoms with Crippen molar-refractivity contribution in [1.82, 2.24) is 19.4 Å². The van der Waals surface area contributed by atoms with E-state index in [0.29, 0.717) is 12.3 Å². The third-order valence-corrected chi connectivity index (χ3v) is 5.37. The van der Waals surface area contributed by atoms with Gasteiger partial charge in [-0.05, 0) is 52.4 Å². The van der Waals surface area contributed by atoms with Crippen LogP contribution in [0.1, 0.15) is 42.1 Å². The SMILES string of the molecule is Cc1ccc(CC(=O)N2CCC[C@H](c3nccn3CCCN(C)C)C2)cc1. The first-order chi connectivity index (χ1) is 13.0. The summed E-state index contributed by atoms with van der Waals surface area (Å²) in [5, 5.41) is 0. The van der Waals surface area contributed by atoms with E-state index in [9.17, 15) is 4.79 Å². The monoisotopic (exact) mass is 368 g/mol. The van der Waals surface area contributed by atoms with E-state index < -0.39 is 0 Å². The van der Waals surface area contributed by atoms with Crippen LogP contribution in [0.3, 0.4) is 0 Å². The van der Waals surface area contributed by atoms with E-state index in [2.05, 4.69) is 65.9 Å². The average molecular weight is 369 g/mol. The summed E-state index contributed by atoms with van der Waals surface area (Å²) in [7, 11) is 4.21. The molecule has 0 radical (unpaired) electrons. The van der Waals surface area contributed by atoms with E-state index >= 15 is 0 Å². The smallest absolute Gasteiger partial charge is 0.227 e. The van der Waals surface area contributed by atoms with Gasteiger partial charge in [-0.3, -0.25) is 4.79 Å². The Morgan fingerprint density at radius 2 is 2.04 bits per heavy atom. The molecule has 0 bridgehead atoms. The molecule has 1 saturated heterocycles. The minimum absolute atomic E-state index is 0.231. The number of nitrogens with zero attached hydrogens (tertiary/aromatic N) is 4. The van der Waals surface area contributed by atoms with Crippen LogP contribution in [0.5, 0.6) is 0 Å². The molecular weight excluding hydrogens is 336 g/mol. The lowest BCUT2D eigenvalue weighted by molar-refractivity contribution is -0.131. The Morgan fingerprint density at radius 3 is 2.78 bits per heavy atom. The predicted molar refractivity (Wildman–Crippen MR) is 109 cm³/mol. The summed E-state index contributed by atoms with van der Waals surface area (Å²) >= 11 is 0. The van der Waals surface area contributed by atoms with Crippen molar-refractivity contribution in [2.75, 3.05) is 33.7 Å². The van der Waals surface area contributed by atoms with Crippen molar-refractivity contribution in [3.63, 3.8) is 0 Å². The molecule has 0 N–H and O–H groups in total. The molecule has 3 rings (SSSR count). The van der Waals surface area contributed by atoms with Gasteiger partial charge >= 0.3 is 0 Å². The quantitative estimate of drug-likeness (QED) is 0.754. The summed E-state index contributed by atoms with van der Waals surface area (Å²) in [5.41, 5.74) is 2.32. The standard InChI is InChI=1S/C22H32N4O/c1-18-7-9-19(10-8-18)16-21(27)26-13-4-6-20(17-26)22-23-11-15-25(22)14-5-12-24(2)3/h7-11,15,20H,4-6,12-14,16-17H2,1-3H3/t20-/m0/s1.